The molecule has 0 radical (unpaired) electrons. The standard InChI is InChI=1S/C27H23N3O2/c31-26(30-25-18-10-7-15-22(25)20-11-3-1-4-12-20)19-28-24-17-9-8-16-23(24)27(32)29-21-13-5-2-6-14-21/h1-18,28H,19H2,(H,29,32)(H,30,31). The predicted molar refractivity (Wildman–Crippen MR) is 130 cm³/mol. The Morgan fingerprint density at radius 2 is 1.19 bits per heavy atom. The molecule has 0 saturated heterocycles. The number of carbonyl (C=O) groups is 2. The van der Waals surface area contributed by atoms with Gasteiger partial charge in [0, 0.05) is 22.6 Å². The summed E-state index contributed by atoms with van der Waals surface area (Å²) >= 11 is 0. The van der Waals surface area contributed by atoms with E-state index in [0.717, 1.165) is 16.8 Å². The summed E-state index contributed by atoms with van der Waals surface area (Å²) in [6, 6.07) is 34.0. The predicted octanol–water partition coefficient (Wildman–Crippen LogP) is 5.66. The average molecular weight is 422 g/mol. The highest BCUT2D eigenvalue weighted by Gasteiger charge is 2.13. The van der Waals surface area contributed by atoms with Crippen molar-refractivity contribution in [2.45, 2.75) is 0 Å². The third-order valence-electron chi connectivity index (χ3n) is 4.93. The molecule has 0 unspecified atom stereocenters. The molecular weight excluding hydrogens is 398 g/mol. The van der Waals surface area contributed by atoms with Crippen LogP contribution in [-0.2, 0) is 4.79 Å². The Kier molecular flexibility index (Phi) is 6.58. The molecule has 5 heteroatoms. The van der Waals surface area contributed by atoms with Crippen LogP contribution >= 0.6 is 0 Å². The third kappa shape index (κ3) is 5.21. The van der Waals surface area contributed by atoms with Gasteiger partial charge in [0.2, 0.25) is 5.91 Å². The number of hydrogen-bond donors (Lipinski definition) is 3. The first-order valence-electron chi connectivity index (χ1n) is 10.3. The topological polar surface area (TPSA) is 70.2 Å². The van der Waals surface area contributed by atoms with Crippen LogP contribution in [0.4, 0.5) is 17.1 Å². The van der Waals surface area contributed by atoms with Crippen molar-refractivity contribution in [1.29, 1.82) is 0 Å². The quantitative estimate of drug-likeness (QED) is 0.361. The Hall–Kier alpha value is -4.38. The van der Waals surface area contributed by atoms with Crippen molar-refractivity contribution in [3.63, 3.8) is 0 Å². The van der Waals surface area contributed by atoms with Crippen molar-refractivity contribution in [2.75, 3.05) is 22.5 Å². The van der Waals surface area contributed by atoms with E-state index in [1.807, 2.05) is 91.0 Å². The zero-order valence-corrected chi connectivity index (χ0v) is 17.4. The maximum absolute atomic E-state index is 12.7. The Bertz CT molecular complexity index is 1210. The second-order valence-electron chi connectivity index (χ2n) is 7.18. The zero-order chi connectivity index (χ0) is 22.2. The molecule has 0 fully saturated rings. The van der Waals surface area contributed by atoms with Gasteiger partial charge in [-0.05, 0) is 35.9 Å². The van der Waals surface area contributed by atoms with Crippen LogP contribution in [0, 0.1) is 0 Å². The fourth-order valence-electron chi connectivity index (χ4n) is 3.39. The van der Waals surface area contributed by atoms with E-state index in [1.165, 1.54) is 0 Å². The van der Waals surface area contributed by atoms with Crippen molar-refractivity contribution in [1.82, 2.24) is 0 Å². The van der Waals surface area contributed by atoms with Crippen molar-refractivity contribution in [3.05, 3.63) is 115 Å². The van der Waals surface area contributed by atoms with Gasteiger partial charge in [0.25, 0.3) is 5.91 Å². The normalized spacial score (nSPS) is 10.2. The van der Waals surface area contributed by atoms with E-state index in [2.05, 4.69) is 16.0 Å². The largest absolute Gasteiger partial charge is 0.376 e. The van der Waals surface area contributed by atoms with E-state index in [9.17, 15) is 9.59 Å². The number of para-hydroxylation sites is 3. The summed E-state index contributed by atoms with van der Waals surface area (Å²) in [7, 11) is 0. The van der Waals surface area contributed by atoms with E-state index in [-0.39, 0.29) is 18.4 Å². The average Bonchev–Trinajstić information content (AvgIpc) is 2.84. The monoisotopic (exact) mass is 421 g/mol. The van der Waals surface area contributed by atoms with Gasteiger partial charge in [-0.1, -0.05) is 78.9 Å². The fourth-order valence-corrected chi connectivity index (χ4v) is 3.39. The molecule has 0 aromatic heterocycles. The summed E-state index contributed by atoms with van der Waals surface area (Å²) in [6.07, 6.45) is 0. The summed E-state index contributed by atoms with van der Waals surface area (Å²) in [5.74, 6) is -0.444. The van der Waals surface area contributed by atoms with Crippen LogP contribution in [0.3, 0.4) is 0 Å². The van der Waals surface area contributed by atoms with Crippen LogP contribution in [-0.4, -0.2) is 18.4 Å². The number of hydrogen-bond acceptors (Lipinski definition) is 3. The molecule has 158 valence electrons. The summed E-state index contributed by atoms with van der Waals surface area (Å²) in [5, 5.41) is 8.92. The molecule has 2 amide bonds. The smallest absolute Gasteiger partial charge is 0.257 e. The molecule has 0 bridgehead atoms. The van der Waals surface area contributed by atoms with E-state index in [4.69, 9.17) is 0 Å². The minimum absolute atomic E-state index is 0.0265. The molecule has 4 rings (SSSR count). The van der Waals surface area contributed by atoms with E-state index in [0.29, 0.717) is 16.9 Å². The molecule has 4 aromatic rings. The number of benzene rings is 4. The van der Waals surface area contributed by atoms with Gasteiger partial charge in [-0.2, -0.15) is 0 Å². The molecule has 5 nitrogen and oxygen atoms in total. The molecule has 0 aliphatic heterocycles. The lowest BCUT2D eigenvalue weighted by molar-refractivity contribution is -0.114. The second-order valence-corrected chi connectivity index (χ2v) is 7.18. The Morgan fingerprint density at radius 1 is 0.594 bits per heavy atom. The molecule has 0 atom stereocenters. The van der Waals surface area contributed by atoms with Gasteiger partial charge in [-0.25, -0.2) is 0 Å². The first-order valence-corrected chi connectivity index (χ1v) is 10.3. The van der Waals surface area contributed by atoms with Gasteiger partial charge < -0.3 is 16.0 Å². The summed E-state index contributed by atoms with van der Waals surface area (Å²) < 4.78 is 0. The van der Waals surface area contributed by atoms with Gasteiger partial charge in [-0.15, -0.1) is 0 Å². The van der Waals surface area contributed by atoms with E-state index < -0.39 is 0 Å². The van der Waals surface area contributed by atoms with Gasteiger partial charge in [0.15, 0.2) is 0 Å². The van der Waals surface area contributed by atoms with Crippen molar-refractivity contribution >= 4 is 28.9 Å². The Balaban J connectivity index is 1.43. The lowest BCUT2D eigenvalue weighted by Crippen LogP contribution is -2.23. The van der Waals surface area contributed by atoms with Gasteiger partial charge in [0.1, 0.15) is 0 Å². The minimum atomic E-state index is -0.242. The number of nitrogens with one attached hydrogen (secondary N) is 3. The first kappa shape index (κ1) is 20.9. The first-order chi connectivity index (χ1) is 15.7. The third-order valence-corrected chi connectivity index (χ3v) is 4.93. The minimum Gasteiger partial charge on any atom is -0.376 e. The van der Waals surface area contributed by atoms with Crippen molar-refractivity contribution in [3.8, 4) is 11.1 Å². The van der Waals surface area contributed by atoms with Crippen LogP contribution in [0.1, 0.15) is 10.4 Å². The summed E-state index contributed by atoms with van der Waals surface area (Å²) in [5.41, 5.74) is 4.48. The van der Waals surface area contributed by atoms with Crippen molar-refractivity contribution < 1.29 is 9.59 Å². The van der Waals surface area contributed by atoms with Crippen molar-refractivity contribution in [2.24, 2.45) is 0 Å². The van der Waals surface area contributed by atoms with Crippen LogP contribution in [0.25, 0.3) is 11.1 Å². The molecule has 4 aromatic carbocycles. The number of carbonyl (C=O) groups excluding carboxylic acids is 2. The van der Waals surface area contributed by atoms with Gasteiger partial charge in [0.05, 0.1) is 12.1 Å². The molecule has 0 aliphatic carbocycles. The van der Waals surface area contributed by atoms with E-state index in [1.54, 1.807) is 18.2 Å². The highest BCUT2D eigenvalue weighted by molar-refractivity contribution is 6.08. The van der Waals surface area contributed by atoms with Crippen LogP contribution in [0.15, 0.2) is 109 Å². The maximum atomic E-state index is 12.7. The molecular formula is C27H23N3O2. The van der Waals surface area contributed by atoms with Gasteiger partial charge >= 0.3 is 0 Å². The summed E-state index contributed by atoms with van der Waals surface area (Å²) in [6.45, 7) is 0.0265. The lowest BCUT2D eigenvalue weighted by Gasteiger charge is -2.14. The molecule has 0 saturated carbocycles. The summed E-state index contributed by atoms with van der Waals surface area (Å²) in [4.78, 5) is 25.4. The fraction of sp³-hybridized carbons (Fsp3) is 0.0370. The number of anilines is 3. The highest BCUT2D eigenvalue weighted by atomic mass is 16.2. The number of rotatable bonds is 7. The highest BCUT2D eigenvalue weighted by Crippen LogP contribution is 2.27. The SMILES string of the molecule is O=C(CNc1ccccc1C(=O)Nc1ccccc1)Nc1ccccc1-c1ccccc1. The molecule has 3 N–H and O–H groups in total. The number of amides is 2. The second kappa shape index (κ2) is 10.1. The van der Waals surface area contributed by atoms with E-state index >= 15 is 0 Å². The Morgan fingerprint density at radius 3 is 1.94 bits per heavy atom. The van der Waals surface area contributed by atoms with Crippen LogP contribution in [0.2, 0.25) is 0 Å². The van der Waals surface area contributed by atoms with Crippen LogP contribution in [0.5, 0.6) is 0 Å². The van der Waals surface area contributed by atoms with Crippen LogP contribution < -0.4 is 16.0 Å². The Labute approximate surface area is 187 Å². The molecule has 0 spiro atoms. The lowest BCUT2D eigenvalue weighted by atomic mass is 10.0. The molecule has 0 aliphatic rings. The maximum Gasteiger partial charge on any atom is 0.257 e. The van der Waals surface area contributed by atoms with Gasteiger partial charge in [-0.3, -0.25) is 9.59 Å². The molecule has 0 heterocycles. The zero-order valence-electron chi connectivity index (χ0n) is 17.4. The molecule has 32 heavy (non-hydrogen) atoms.